The standard InChI is InChI=1S/4C7H6O5.La.Tl/c4*8-4-1-3(7(11)12)2-5(9)6(4)10;;/h4*1-2,8-10H,(H,11,12);;/q;;;;+3;+1/p-4. The minimum atomic E-state index is -1.54. The molecule has 0 fully saturated rings. The smallest absolute Gasteiger partial charge is 0.545 e. The van der Waals surface area contributed by atoms with Crippen LogP contribution in [0.1, 0.15) is 41.4 Å². The van der Waals surface area contributed by atoms with Crippen LogP contribution in [0.25, 0.3) is 0 Å². The maximum atomic E-state index is 10.2. The van der Waals surface area contributed by atoms with Crippen molar-refractivity contribution in [1.29, 1.82) is 0 Å². The Labute approximate surface area is 325 Å². The summed E-state index contributed by atoms with van der Waals surface area (Å²) < 4.78 is 0. The van der Waals surface area contributed by atoms with Crippen molar-refractivity contribution in [2.45, 2.75) is 0 Å². The van der Waals surface area contributed by atoms with E-state index in [1.54, 1.807) is 0 Å². The Balaban J connectivity index is 0. The summed E-state index contributed by atoms with van der Waals surface area (Å²) in [7, 11) is 0. The Hall–Kier alpha value is -5.52. The second-order valence-electron chi connectivity index (χ2n) is 8.60. The average molecular weight is 1020 g/mol. The SMILES string of the molecule is O=C([O-])c1cc(O)c(O)c(O)c1.O=C([O-])c1cc(O)c(O)c(O)c1.O=C([O-])c1cc(O)c(O)c(O)c1.O=C([O-])c1cc(O)c(O)c(O)c1.[La+3].[Tl+]. The van der Waals surface area contributed by atoms with Crippen molar-refractivity contribution in [1.82, 2.24) is 0 Å². The number of hydrogen-bond acceptors (Lipinski definition) is 20. The molecule has 4 aromatic rings. The van der Waals surface area contributed by atoms with Gasteiger partial charge in [-0.15, -0.1) is 0 Å². The molecule has 4 rings (SSSR count). The largest absolute Gasteiger partial charge is 3.00 e. The van der Waals surface area contributed by atoms with E-state index in [-0.39, 0.29) is 62.9 Å². The molecule has 0 aliphatic heterocycles. The summed E-state index contributed by atoms with van der Waals surface area (Å²) in [5.74, 6) is -14.8. The molecule has 0 aliphatic rings. The summed E-state index contributed by atoms with van der Waals surface area (Å²) in [5, 5.41) is 147. The molecule has 0 saturated carbocycles. The number of phenols is 12. The maximum absolute atomic E-state index is 10.2. The van der Waals surface area contributed by atoms with Crippen LogP contribution >= 0.6 is 0 Å². The topological polar surface area (TPSA) is 403 Å². The maximum Gasteiger partial charge on any atom is 3.00 e. The summed E-state index contributed by atoms with van der Waals surface area (Å²) in [6.45, 7) is 0. The molecule has 0 unspecified atom stereocenters. The Morgan fingerprint density at radius 1 is 0.320 bits per heavy atom. The number of phenolic OH excluding ortho intramolecular Hbond substituents is 12. The van der Waals surface area contributed by atoms with E-state index in [0.29, 0.717) is 0 Å². The van der Waals surface area contributed by atoms with Gasteiger partial charge in [-0.25, -0.2) is 0 Å². The van der Waals surface area contributed by atoms with Gasteiger partial charge in [-0.1, -0.05) is 0 Å². The molecule has 0 heterocycles. The van der Waals surface area contributed by atoms with Crippen molar-refractivity contribution in [3.63, 3.8) is 0 Å². The van der Waals surface area contributed by atoms with E-state index in [2.05, 4.69) is 0 Å². The van der Waals surface area contributed by atoms with Gasteiger partial charge in [0, 0.05) is 22.3 Å². The molecule has 12 N–H and O–H groups in total. The zero-order valence-electron chi connectivity index (χ0n) is 24.4. The number of aromatic hydroxyl groups is 12. The van der Waals surface area contributed by atoms with Crippen LogP contribution in [0.2, 0.25) is 0 Å². The van der Waals surface area contributed by atoms with Crippen LogP contribution in [-0.2, 0) is 0 Å². The minimum absolute atomic E-state index is 0. The number of aromatic carboxylic acids is 4. The van der Waals surface area contributed by atoms with Crippen LogP contribution in [-0.4, -0.2) is 112 Å². The Kier molecular flexibility index (Phi) is 18.7. The first kappa shape index (κ1) is 46.6. The zero-order valence-corrected chi connectivity index (χ0v) is 32.5. The second kappa shape index (κ2) is 20.1. The van der Waals surface area contributed by atoms with Gasteiger partial charge in [0.2, 0.25) is 0 Å². The number of carbonyl (C=O) groups is 4. The van der Waals surface area contributed by atoms with Crippen molar-refractivity contribution in [3.8, 4) is 69.0 Å². The van der Waals surface area contributed by atoms with E-state index < -0.39 is 115 Å². The van der Waals surface area contributed by atoms with Crippen LogP contribution in [0.3, 0.4) is 0 Å². The quantitative estimate of drug-likeness (QED) is 0.0691. The third kappa shape index (κ3) is 13.2. The molecule has 0 saturated heterocycles. The molecule has 0 aliphatic carbocycles. The van der Waals surface area contributed by atoms with E-state index >= 15 is 0 Å². The number of carboxylic acid groups (broad SMARTS) is 4. The Bertz CT molecular complexity index is 1510. The molecule has 0 bridgehead atoms. The van der Waals surface area contributed by atoms with E-state index in [1.807, 2.05) is 0 Å². The summed E-state index contributed by atoms with van der Waals surface area (Å²) in [5.41, 5.74) is -1.60. The summed E-state index contributed by atoms with van der Waals surface area (Å²) in [6.07, 6.45) is 0. The normalized spacial score (nSPS) is 9.28. The average Bonchev–Trinajstić information content (AvgIpc) is 2.99. The molecule has 50 heavy (non-hydrogen) atoms. The number of carboxylic acids is 4. The van der Waals surface area contributed by atoms with Gasteiger partial charge >= 0.3 is 62.9 Å². The first-order valence-corrected chi connectivity index (χ1v) is 11.9. The van der Waals surface area contributed by atoms with E-state index in [0.717, 1.165) is 48.5 Å². The molecule has 22 heteroatoms. The molecule has 0 spiro atoms. The molecule has 0 atom stereocenters. The fourth-order valence-corrected chi connectivity index (χ4v) is 2.89. The first-order chi connectivity index (χ1) is 22.1. The van der Waals surface area contributed by atoms with Crippen molar-refractivity contribution in [2.24, 2.45) is 0 Å². The van der Waals surface area contributed by atoms with Crippen molar-refractivity contribution < 1.29 is 136 Å². The van der Waals surface area contributed by atoms with Gasteiger partial charge in [0.1, 0.15) is 0 Å². The zero-order chi connectivity index (χ0) is 37.2. The molecule has 0 radical (unpaired) electrons. The van der Waals surface area contributed by atoms with E-state index in [1.165, 1.54) is 0 Å². The Morgan fingerprint density at radius 2 is 0.420 bits per heavy atom. The predicted octanol–water partition coefficient (Wildman–Crippen LogP) is -3.71. The number of rotatable bonds is 4. The van der Waals surface area contributed by atoms with Gasteiger partial charge in [-0.05, 0) is 48.5 Å². The predicted molar refractivity (Wildman–Crippen MR) is 149 cm³/mol. The molecule has 258 valence electrons. The second-order valence-corrected chi connectivity index (χ2v) is 8.60. The molecule has 0 aromatic heterocycles. The van der Waals surface area contributed by atoms with Gasteiger partial charge in [-0.3, -0.25) is 0 Å². The first-order valence-electron chi connectivity index (χ1n) is 11.9. The monoisotopic (exact) mass is 1020 g/mol. The van der Waals surface area contributed by atoms with Gasteiger partial charge in [0.25, 0.3) is 0 Å². The fourth-order valence-electron chi connectivity index (χ4n) is 2.89. The van der Waals surface area contributed by atoms with Crippen LogP contribution < -0.4 is 20.4 Å². The fraction of sp³-hybridized carbons (Fsp3) is 0. The van der Waals surface area contributed by atoms with Crippen LogP contribution in [0.4, 0.5) is 0 Å². The molecule has 4 aromatic carbocycles. The van der Waals surface area contributed by atoms with Crippen molar-refractivity contribution in [3.05, 3.63) is 70.8 Å². The molecular formula is C28H20LaO20Tl. The summed E-state index contributed by atoms with van der Waals surface area (Å²) in [6, 6.07) is 6.26. The minimum Gasteiger partial charge on any atom is -0.545 e. The van der Waals surface area contributed by atoms with Crippen LogP contribution in [0, 0.1) is 35.6 Å². The molecule has 20 nitrogen and oxygen atoms in total. The molecule has 0 amide bonds. The van der Waals surface area contributed by atoms with Gasteiger partial charge in [0.15, 0.2) is 69.0 Å². The number of hydrogen-bond donors (Lipinski definition) is 12. The van der Waals surface area contributed by atoms with E-state index in [4.69, 9.17) is 61.3 Å². The third-order valence-corrected chi connectivity index (χ3v) is 5.22. The third-order valence-electron chi connectivity index (χ3n) is 5.22. The summed E-state index contributed by atoms with van der Waals surface area (Å²) >= 11 is 0. The number of benzene rings is 4. The van der Waals surface area contributed by atoms with Gasteiger partial charge in [0.05, 0.1) is 23.9 Å². The Morgan fingerprint density at radius 3 is 0.500 bits per heavy atom. The van der Waals surface area contributed by atoms with E-state index in [9.17, 15) is 39.6 Å². The molecular weight excluding hydrogens is 1000 g/mol. The van der Waals surface area contributed by atoms with Crippen LogP contribution in [0.15, 0.2) is 48.5 Å². The van der Waals surface area contributed by atoms with Gasteiger partial charge < -0.3 is 101 Å². The van der Waals surface area contributed by atoms with Crippen molar-refractivity contribution >= 4 is 51.2 Å². The van der Waals surface area contributed by atoms with Gasteiger partial charge in [-0.2, -0.15) is 0 Å². The van der Waals surface area contributed by atoms with Crippen LogP contribution in [0.5, 0.6) is 69.0 Å². The number of carbonyl (C=O) groups excluding carboxylic acids is 4. The summed E-state index contributed by atoms with van der Waals surface area (Å²) in [4.78, 5) is 40.8. The van der Waals surface area contributed by atoms with Crippen molar-refractivity contribution in [2.75, 3.05) is 0 Å².